The highest BCUT2D eigenvalue weighted by Gasteiger charge is 2.60. The number of amides is 2. The Balaban J connectivity index is 1.33. The summed E-state index contributed by atoms with van der Waals surface area (Å²) in [5.41, 5.74) is 2.20. The maximum atomic E-state index is 13.9. The molecule has 2 aliphatic rings. The summed E-state index contributed by atoms with van der Waals surface area (Å²) < 4.78 is 11.7. The molecule has 0 aromatic heterocycles. The van der Waals surface area contributed by atoms with Gasteiger partial charge in [-0.1, -0.05) is 76.3 Å². The number of nitrogens with zero attached hydrogens (tertiary/aromatic N) is 2. The van der Waals surface area contributed by atoms with Crippen molar-refractivity contribution in [1.82, 2.24) is 0 Å². The summed E-state index contributed by atoms with van der Waals surface area (Å²) in [6.07, 6.45) is 7.27. The summed E-state index contributed by atoms with van der Waals surface area (Å²) in [7, 11) is 0. The van der Waals surface area contributed by atoms with Gasteiger partial charge in [-0.15, -0.1) is 0 Å². The Bertz CT molecular complexity index is 1280. The molecule has 7 nitrogen and oxygen atoms in total. The molecule has 0 spiro atoms. The summed E-state index contributed by atoms with van der Waals surface area (Å²) >= 11 is 0. The van der Waals surface area contributed by atoms with Gasteiger partial charge in [0.15, 0.2) is 6.10 Å². The van der Waals surface area contributed by atoms with Crippen molar-refractivity contribution in [2.75, 3.05) is 23.2 Å². The van der Waals surface area contributed by atoms with Crippen LogP contribution in [0, 0.1) is 5.92 Å². The van der Waals surface area contributed by atoms with Crippen LogP contribution in [0.25, 0.3) is 0 Å². The van der Waals surface area contributed by atoms with Crippen LogP contribution >= 0.6 is 0 Å². The second-order valence-electron chi connectivity index (χ2n) is 10.7. The fraction of sp³-hybridized carbons (Fsp3) is 0.412. The van der Waals surface area contributed by atoms with Gasteiger partial charge in [0.2, 0.25) is 5.91 Å². The first-order valence-electron chi connectivity index (χ1n) is 15.0. The molecule has 2 heterocycles. The van der Waals surface area contributed by atoms with Gasteiger partial charge in [-0.25, -0.2) is 9.96 Å². The van der Waals surface area contributed by atoms with Crippen LogP contribution in [0.3, 0.4) is 0 Å². The standard InChI is InChI=1S/C34H40N2O5/c1-3-5-6-7-8-12-24-40-28-19-15-25(16-20-28)31-30-32(41-36(31)27-13-10-9-11-14-27)34(38)35(33(30)37)26-17-21-29(22-18-26)39-23-4-2/h9-11,13-22,30-32H,3-8,12,23-24H2,1-2H3/t30-,31-,32+/m1/s1. The Labute approximate surface area is 243 Å². The van der Waals surface area contributed by atoms with Crippen LogP contribution in [-0.2, 0) is 14.4 Å². The third-order valence-electron chi connectivity index (χ3n) is 7.68. The largest absolute Gasteiger partial charge is 0.494 e. The van der Waals surface area contributed by atoms with Gasteiger partial charge in [-0.05, 0) is 66.9 Å². The minimum absolute atomic E-state index is 0.269. The van der Waals surface area contributed by atoms with Gasteiger partial charge in [0, 0.05) is 0 Å². The van der Waals surface area contributed by atoms with Crippen LogP contribution in [0.15, 0.2) is 78.9 Å². The van der Waals surface area contributed by atoms with Crippen molar-refractivity contribution >= 4 is 23.2 Å². The average Bonchev–Trinajstić information content (AvgIpc) is 3.52. The van der Waals surface area contributed by atoms with Crippen LogP contribution in [-0.4, -0.2) is 31.1 Å². The van der Waals surface area contributed by atoms with E-state index in [1.54, 1.807) is 29.3 Å². The number of para-hydroxylation sites is 1. The van der Waals surface area contributed by atoms with Crippen molar-refractivity contribution in [2.45, 2.75) is 70.9 Å². The van der Waals surface area contributed by atoms with Crippen molar-refractivity contribution in [2.24, 2.45) is 5.92 Å². The first kappa shape index (κ1) is 28.7. The van der Waals surface area contributed by atoms with E-state index < -0.39 is 18.1 Å². The van der Waals surface area contributed by atoms with Crippen molar-refractivity contribution < 1.29 is 23.9 Å². The lowest BCUT2D eigenvalue weighted by atomic mass is 9.90. The molecule has 3 atom stereocenters. The first-order valence-corrected chi connectivity index (χ1v) is 15.0. The second-order valence-corrected chi connectivity index (χ2v) is 10.7. The lowest BCUT2D eigenvalue weighted by Crippen LogP contribution is -2.37. The highest BCUT2D eigenvalue weighted by atomic mass is 16.7. The Kier molecular flexibility index (Phi) is 9.57. The molecule has 2 saturated heterocycles. The predicted molar refractivity (Wildman–Crippen MR) is 160 cm³/mol. The molecule has 0 N–H and O–H groups in total. The molecule has 0 saturated carbocycles. The zero-order chi connectivity index (χ0) is 28.6. The van der Waals surface area contributed by atoms with Gasteiger partial charge in [0.1, 0.15) is 17.4 Å². The molecular formula is C34H40N2O5. The van der Waals surface area contributed by atoms with E-state index >= 15 is 0 Å². The molecule has 3 aromatic carbocycles. The van der Waals surface area contributed by atoms with Crippen molar-refractivity contribution in [3.05, 3.63) is 84.4 Å². The van der Waals surface area contributed by atoms with E-state index in [9.17, 15) is 9.59 Å². The van der Waals surface area contributed by atoms with Gasteiger partial charge >= 0.3 is 0 Å². The molecule has 216 valence electrons. The van der Waals surface area contributed by atoms with E-state index in [4.69, 9.17) is 14.3 Å². The molecule has 0 aliphatic carbocycles. The van der Waals surface area contributed by atoms with Crippen LogP contribution < -0.4 is 19.4 Å². The fourth-order valence-corrected chi connectivity index (χ4v) is 5.55. The molecular weight excluding hydrogens is 516 g/mol. The predicted octanol–water partition coefficient (Wildman–Crippen LogP) is 7.27. The van der Waals surface area contributed by atoms with Crippen LogP contribution in [0.4, 0.5) is 11.4 Å². The summed E-state index contributed by atoms with van der Waals surface area (Å²) in [6, 6.07) is 24.1. The van der Waals surface area contributed by atoms with Gasteiger partial charge in [0.25, 0.3) is 5.91 Å². The SMILES string of the molecule is CCCCCCCCOc1ccc([C@@H]2[C@H]3C(=O)N(c4ccc(OCCC)cc4)C(=O)[C@H]3ON2c2ccccc2)cc1. The Morgan fingerprint density at radius 2 is 1.29 bits per heavy atom. The zero-order valence-corrected chi connectivity index (χ0v) is 24.0. The quantitative estimate of drug-likeness (QED) is 0.154. The van der Waals surface area contributed by atoms with Crippen molar-refractivity contribution in [3.8, 4) is 11.5 Å². The van der Waals surface area contributed by atoms with E-state index in [1.165, 1.54) is 37.0 Å². The monoisotopic (exact) mass is 556 g/mol. The van der Waals surface area contributed by atoms with Crippen LogP contribution in [0.2, 0.25) is 0 Å². The van der Waals surface area contributed by atoms with E-state index in [-0.39, 0.29) is 11.8 Å². The number of hydrogen-bond acceptors (Lipinski definition) is 6. The van der Waals surface area contributed by atoms with Crippen molar-refractivity contribution in [3.63, 3.8) is 0 Å². The van der Waals surface area contributed by atoms with Gasteiger partial charge in [0.05, 0.1) is 30.6 Å². The third-order valence-corrected chi connectivity index (χ3v) is 7.68. The molecule has 2 amide bonds. The lowest BCUT2D eigenvalue weighted by Gasteiger charge is -2.29. The Morgan fingerprint density at radius 3 is 1.98 bits per heavy atom. The lowest BCUT2D eigenvalue weighted by molar-refractivity contribution is -0.126. The van der Waals surface area contributed by atoms with E-state index in [0.717, 1.165) is 29.8 Å². The number of ether oxygens (including phenoxy) is 2. The molecule has 0 bridgehead atoms. The molecule has 7 heteroatoms. The molecule has 0 unspecified atom stereocenters. The Hall–Kier alpha value is -3.84. The van der Waals surface area contributed by atoms with Gasteiger partial charge in [-0.2, -0.15) is 0 Å². The molecule has 41 heavy (non-hydrogen) atoms. The fourth-order valence-electron chi connectivity index (χ4n) is 5.55. The van der Waals surface area contributed by atoms with E-state index in [2.05, 4.69) is 6.92 Å². The third kappa shape index (κ3) is 6.41. The highest BCUT2D eigenvalue weighted by molar-refractivity contribution is 6.23. The summed E-state index contributed by atoms with van der Waals surface area (Å²) in [5, 5.41) is 1.72. The zero-order valence-electron chi connectivity index (χ0n) is 24.0. The number of hydrogen-bond donors (Lipinski definition) is 0. The van der Waals surface area contributed by atoms with Gasteiger partial charge < -0.3 is 9.47 Å². The molecule has 2 aliphatic heterocycles. The minimum Gasteiger partial charge on any atom is -0.494 e. The minimum atomic E-state index is -0.910. The molecule has 3 aromatic rings. The highest BCUT2D eigenvalue weighted by Crippen LogP contribution is 2.47. The van der Waals surface area contributed by atoms with Crippen LogP contribution in [0.1, 0.15) is 70.4 Å². The van der Waals surface area contributed by atoms with Crippen LogP contribution in [0.5, 0.6) is 11.5 Å². The smallest absolute Gasteiger partial charge is 0.266 e. The number of benzene rings is 3. The number of anilines is 2. The average molecular weight is 557 g/mol. The molecule has 5 rings (SSSR count). The second kappa shape index (κ2) is 13.7. The maximum absolute atomic E-state index is 13.9. The van der Waals surface area contributed by atoms with E-state index in [1.807, 2.05) is 61.5 Å². The number of carbonyl (C=O) groups is 2. The van der Waals surface area contributed by atoms with Crippen molar-refractivity contribution in [1.29, 1.82) is 0 Å². The molecule has 0 radical (unpaired) electrons. The van der Waals surface area contributed by atoms with E-state index in [0.29, 0.717) is 24.7 Å². The topological polar surface area (TPSA) is 68.3 Å². The Morgan fingerprint density at radius 1 is 0.659 bits per heavy atom. The number of fused-ring (bicyclic) bond motifs is 1. The number of hydroxylamine groups is 1. The normalized spacial score (nSPS) is 20.0. The number of imide groups is 1. The number of rotatable bonds is 14. The maximum Gasteiger partial charge on any atom is 0.266 e. The summed E-state index contributed by atoms with van der Waals surface area (Å²) in [4.78, 5) is 35.0. The number of unbranched alkanes of at least 4 members (excludes halogenated alkanes) is 5. The number of carbonyl (C=O) groups excluding carboxylic acids is 2. The van der Waals surface area contributed by atoms with Gasteiger partial charge in [-0.3, -0.25) is 14.4 Å². The first-order chi connectivity index (χ1) is 20.1. The molecule has 2 fully saturated rings. The summed E-state index contributed by atoms with van der Waals surface area (Å²) in [5.74, 6) is 0.190. The summed E-state index contributed by atoms with van der Waals surface area (Å²) in [6.45, 7) is 5.56.